The summed E-state index contributed by atoms with van der Waals surface area (Å²) in [6.07, 6.45) is 1.59. The third-order valence-electron chi connectivity index (χ3n) is 6.94. The van der Waals surface area contributed by atoms with E-state index >= 15 is 0 Å². The molecule has 0 saturated carbocycles. The van der Waals surface area contributed by atoms with Crippen molar-refractivity contribution in [2.75, 3.05) is 50.2 Å². The lowest BCUT2D eigenvalue weighted by Gasteiger charge is -2.49. The van der Waals surface area contributed by atoms with Crippen LogP contribution in [0.1, 0.15) is 10.4 Å². The number of anilines is 2. The maximum Gasteiger partial charge on any atom is 0.225 e. The zero-order valence-corrected chi connectivity index (χ0v) is 20.5. The van der Waals surface area contributed by atoms with Crippen LogP contribution in [0.15, 0.2) is 60.0 Å². The Bertz CT molecular complexity index is 1130. The molecule has 1 fully saturated rings. The van der Waals surface area contributed by atoms with Crippen LogP contribution in [-0.2, 0) is 17.6 Å². The highest BCUT2D eigenvalue weighted by Crippen LogP contribution is 2.40. The van der Waals surface area contributed by atoms with E-state index in [4.69, 9.17) is 9.47 Å². The number of ether oxygens (including phenoxy) is 2. The summed E-state index contributed by atoms with van der Waals surface area (Å²) < 4.78 is 11.1. The van der Waals surface area contributed by atoms with Crippen molar-refractivity contribution in [1.29, 1.82) is 0 Å². The first kappa shape index (κ1) is 22.6. The SMILES string of the molecule is COc1ccc2c(c1)N1CCN(c3ccccc3OC)C[C@H]1[C@H](C(=O)NCCc1cccs1)C2. The molecule has 2 aromatic carbocycles. The fraction of sp³-hybridized carbons (Fsp3) is 0.370. The number of piperazine rings is 1. The zero-order valence-electron chi connectivity index (χ0n) is 19.7. The van der Waals surface area contributed by atoms with Crippen LogP contribution in [0.3, 0.4) is 0 Å². The van der Waals surface area contributed by atoms with Gasteiger partial charge in [0.15, 0.2) is 0 Å². The van der Waals surface area contributed by atoms with E-state index in [1.165, 1.54) is 16.1 Å². The van der Waals surface area contributed by atoms with Crippen molar-refractivity contribution in [3.05, 3.63) is 70.4 Å². The summed E-state index contributed by atoms with van der Waals surface area (Å²) in [5.74, 6) is 1.73. The third-order valence-corrected chi connectivity index (χ3v) is 7.87. The molecule has 1 N–H and O–H groups in total. The molecule has 6 nitrogen and oxygen atoms in total. The minimum Gasteiger partial charge on any atom is -0.497 e. The number of carbonyl (C=O) groups is 1. The van der Waals surface area contributed by atoms with Gasteiger partial charge in [0.05, 0.1) is 31.9 Å². The van der Waals surface area contributed by atoms with Crippen LogP contribution in [0.2, 0.25) is 0 Å². The predicted molar refractivity (Wildman–Crippen MR) is 138 cm³/mol. The van der Waals surface area contributed by atoms with Crippen LogP contribution in [0, 0.1) is 5.92 Å². The minimum absolute atomic E-state index is 0.0695. The second-order valence-corrected chi connectivity index (χ2v) is 9.84. The molecule has 34 heavy (non-hydrogen) atoms. The normalized spacial score (nSPS) is 19.2. The van der Waals surface area contributed by atoms with E-state index in [0.29, 0.717) is 6.54 Å². The summed E-state index contributed by atoms with van der Waals surface area (Å²) in [5, 5.41) is 5.31. The van der Waals surface area contributed by atoms with Crippen molar-refractivity contribution in [2.45, 2.75) is 18.9 Å². The van der Waals surface area contributed by atoms with E-state index in [0.717, 1.165) is 49.7 Å². The quantitative estimate of drug-likeness (QED) is 0.558. The van der Waals surface area contributed by atoms with Gasteiger partial charge in [-0.2, -0.15) is 0 Å². The summed E-state index contributed by atoms with van der Waals surface area (Å²) in [7, 11) is 3.41. The lowest BCUT2D eigenvalue weighted by molar-refractivity contribution is -0.125. The van der Waals surface area contributed by atoms with Gasteiger partial charge >= 0.3 is 0 Å². The van der Waals surface area contributed by atoms with Crippen molar-refractivity contribution >= 4 is 28.6 Å². The van der Waals surface area contributed by atoms with Gasteiger partial charge < -0.3 is 24.6 Å². The standard InChI is InChI=1S/C27H31N3O3S/c1-32-20-10-9-19-16-22(27(31)28-12-11-21-6-5-15-34-21)25-18-29(13-14-30(25)24(19)17-20)23-7-3-4-8-26(23)33-2/h3-10,15,17,22,25H,11-14,16,18H2,1-2H3,(H,28,31)/t22-,25+/m1/s1. The van der Waals surface area contributed by atoms with Crippen LogP contribution in [0.5, 0.6) is 11.5 Å². The fourth-order valence-electron chi connectivity index (χ4n) is 5.21. The molecule has 2 aliphatic heterocycles. The van der Waals surface area contributed by atoms with Gasteiger partial charge in [-0.25, -0.2) is 0 Å². The van der Waals surface area contributed by atoms with Crippen LogP contribution in [-0.4, -0.2) is 52.3 Å². The molecule has 0 unspecified atom stereocenters. The number of hydrogen-bond acceptors (Lipinski definition) is 6. The molecule has 0 bridgehead atoms. The fourth-order valence-corrected chi connectivity index (χ4v) is 5.92. The van der Waals surface area contributed by atoms with E-state index in [-0.39, 0.29) is 17.9 Å². The van der Waals surface area contributed by atoms with Crippen molar-refractivity contribution in [3.8, 4) is 11.5 Å². The van der Waals surface area contributed by atoms with E-state index in [9.17, 15) is 4.79 Å². The molecular weight excluding hydrogens is 446 g/mol. The first-order valence-electron chi connectivity index (χ1n) is 11.8. The molecule has 178 valence electrons. The maximum atomic E-state index is 13.5. The lowest BCUT2D eigenvalue weighted by atomic mass is 9.83. The topological polar surface area (TPSA) is 54.0 Å². The highest BCUT2D eigenvalue weighted by Gasteiger charge is 2.42. The molecule has 1 amide bonds. The molecule has 1 saturated heterocycles. The number of carbonyl (C=O) groups excluding carboxylic acids is 1. The molecule has 2 atom stereocenters. The van der Waals surface area contributed by atoms with Crippen molar-refractivity contribution in [3.63, 3.8) is 0 Å². The Hall–Kier alpha value is -3.19. The lowest BCUT2D eigenvalue weighted by Crippen LogP contribution is -2.61. The molecule has 0 spiro atoms. The molecule has 5 rings (SSSR count). The highest BCUT2D eigenvalue weighted by molar-refractivity contribution is 7.09. The van der Waals surface area contributed by atoms with Gasteiger partial charge in [0.2, 0.25) is 5.91 Å². The molecule has 3 heterocycles. The van der Waals surface area contributed by atoms with E-state index in [1.807, 2.05) is 24.3 Å². The summed E-state index contributed by atoms with van der Waals surface area (Å²) in [4.78, 5) is 19.5. The number of nitrogens with zero attached hydrogens (tertiary/aromatic N) is 2. The van der Waals surface area contributed by atoms with Crippen molar-refractivity contribution in [1.82, 2.24) is 5.32 Å². The number of hydrogen-bond donors (Lipinski definition) is 1. The van der Waals surface area contributed by atoms with Crippen molar-refractivity contribution < 1.29 is 14.3 Å². The molecule has 0 radical (unpaired) electrons. The molecule has 0 aliphatic carbocycles. The third kappa shape index (κ3) is 4.44. The second-order valence-electron chi connectivity index (χ2n) is 8.80. The minimum atomic E-state index is -0.123. The summed E-state index contributed by atoms with van der Waals surface area (Å²) >= 11 is 1.73. The molecule has 7 heteroatoms. The highest BCUT2D eigenvalue weighted by atomic mass is 32.1. The summed E-state index contributed by atoms with van der Waals surface area (Å²) in [5.41, 5.74) is 3.48. The van der Waals surface area contributed by atoms with Crippen molar-refractivity contribution in [2.24, 2.45) is 5.92 Å². The Morgan fingerprint density at radius 2 is 1.94 bits per heavy atom. The summed E-state index contributed by atoms with van der Waals surface area (Å²) in [6, 6.07) is 18.6. The molecular formula is C27H31N3O3S. The van der Waals surface area contributed by atoms with Gasteiger partial charge in [0, 0.05) is 42.8 Å². The Balaban J connectivity index is 1.40. The monoisotopic (exact) mass is 477 g/mol. The number of rotatable bonds is 7. The number of para-hydroxylation sites is 2. The number of thiophene rings is 1. The number of amides is 1. The number of fused-ring (bicyclic) bond motifs is 3. The smallest absolute Gasteiger partial charge is 0.225 e. The van der Waals surface area contributed by atoms with Crippen LogP contribution in [0.4, 0.5) is 11.4 Å². The number of benzene rings is 2. The Morgan fingerprint density at radius 1 is 1.06 bits per heavy atom. The van der Waals surface area contributed by atoms with Gasteiger partial charge in [0.1, 0.15) is 11.5 Å². The Kier molecular flexibility index (Phi) is 6.63. The average Bonchev–Trinajstić information content (AvgIpc) is 3.41. The largest absolute Gasteiger partial charge is 0.497 e. The van der Waals surface area contributed by atoms with Gasteiger partial charge in [-0.05, 0) is 48.1 Å². The van der Waals surface area contributed by atoms with E-state index < -0.39 is 0 Å². The molecule has 1 aromatic heterocycles. The van der Waals surface area contributed by atoms with E-state index in [1.54, 1.807) is 25.6 Å². The number of methoxy groups -OCH3 is 2. The zero-order chi connectivity index (χ0) is 23.5. The average molecular weight is 478 g/mol. The first-order valence-corrected chi connectivity index (χ1v) is 12.7. The first-order chi connectivity index (χ1) is 16.7. The van der Waals surface area contributed by atoms with E-state index in [2.05, 4.69) is 50.8 Å². The van der Waals surface area contributed by atoms with Gasteiger partial charge in [-0.15, -0.1) is 11.3 Å². The van der Waals surface area contributed by atoms with Gasteiger partial charge in [-0.3, -0.25) is 4.79 Å². The molecule has 2 aliphatic rings. The van der Waals surface area contributed by atoms with Gasteiger partial charge in [-0.1, -0.05) is 24.3 Å². The van der Waals surface area contributed by atoms with Crippen LogP contribution >= 0.6 is 11.3 Å². The second kappa shape index (κ2) is 9.97. The van der Waals surface area contributed by atoms with Crippen LogP contribution in [0.25, 0.3) is 0 Å². The van der Waals surface area contributed by atoms with Gasteiger partial charge in [0.25, 0.3) is 0 Å². The maximum absolute atomic E-state index is 13.5. The Labute approximate surface area is 205 Å². The Morgan fingerprint density at radius 3 is 2.74 bits per heavy atom. The van der Waals surface area contributed by atoms with Crippen LogP contribution < -0.4 is 24.6 Å². The number of nitrogens with one attached hydrogen (secondary N) is 1. The molecule has 3 aromatic rings. The predicted octanol–water partition coefficient (Wildman–Crippen LogP) is 3.99. The summed E-state index contributed by atoms with van der Waals surface area (Å²) in [6.45, 7) is 3.12.